The molecule has 1 aromatic heterocycles. The summed E-state index contributed by atoms with van der Waals surface area (Å²) in [7, 11) is 2.01. The van der Waals surface area contributed by atoms with Crippen molar-refractivity contribution in [2.24, 2.45) is 0 Å². The van der Waals surface area contributed by atoms with E-state index in [2.05, 4.69) is 19.2 Å². The maximum Gasteiger partial charge on any atom is 0.125 e. The Bertz CT molecular complexity index is 382. The number of hydrogen-bond acceptors (Lipinski definition) is 4. The summed E-state index contributed by atoms with van der Waals surface area (Å²) in [6.07, 6.45) is 8.38. The molecule has 4 heteroatoms. The fraction of sp³-hybridized carbons (Fsp3) is 0.812. The van der Waals surface area contributed by atoms with Crippen molar-refractivity contribution in [3.05, 3.63) is 15.6 Å². The third-order valence-electron chi connectivity index (χ3n) is 4.07. The van der Waals surface area contributed by atoms with Crippen LogP contribution in [0.1, 0.15) is 68.0 Å². The number of rotatable bonds is 7. The Hall–Kier alpha value is -0.450. The fourth-order valence-corrected chi connectivity index (χ4v) is 4.45. The fourth-order valence-electron chi connectivity index (χ4n) is 3.13. The summed E-state index contributed by atoms with van der Waals surface area (Å²) in [5.41, 5.74) is 1.19. The Morgan fingerprint density at radius 3 is 2.60 bits per heavy atom. The number of nitrogens with zero attached hydrogens (tertiary/aromatic N) is 1. The van der Waals surface area contributed by atoms with Crippen LogP contribution in [-0.2, 0) is 23.3 Å². The van der Waals surface area contributed by atoms with Crippen LogP contribution in [0.3, 0.4) is 0 Å². The van der Waals surface area contributed by atoms with Crippen LogP contribution >= 0.6 is 11.3 Å². The molecular weight excluding hydrogens is 268 g/mol. The molecule has 0 spiro atoms. The SMILES string of the molecule is CCCc1nc(C2(OCC)CCCCC2)sc1CNC. The van der Waals surface area contributed by atoms with Crippen LogP contribution in [-0.4, -0.2) is 18.6 Å². The van der Waals surface area contributed by atoms with Gasteiger partial charge in [-0.15, -0.1) is 11.3 Å². The Morgan fingerprint density at radius 2 is 2.00 bits per heavy atom. The van der Waals surface area contributed by atoms with Gasteiger partial charge in [-0.05, 0) is 33.2 Å². The highest BCUT2D eigenvalue weighted by molar-refractivity contribution is 7.11. The van der Waals surface area contributed by atoms with Gasteiger partial charge in [0.25, 0.3) is 0 Å². The second-order valence-corrected chi connectivity index (χ2v) is 6.74. The van der Waals surface area contributed by atoms with E-state index in [0.29, 0.717) is 0 Å². The van der Waals surface area contributed by atoms with E-state index in [0.717, 1.165) is 38.8 Å². The van der Waals surface area contributed by atoms with Crippen LogP contribution in [0, 0.1) is 0 Å². The van der Waals surface area contributed by atoms with E-state index in [1.165, 1.54) is 34.8 Å². The van der Waals surface area contributed by atoms with Gasteiger partial charge in [0.1, 0.15) is 10.6 Å². The van der Waals surface area contributed by atoms with Crippen LogP contribution in [0.4, 0.5) is 0 Å². The van der Waals surface area contributed by atoms with Crippen molar-refractivity contribution >= 4 is 11.3 Å². The minimum atomic E-state index is -0.0911. The van der Waals surface area contributed by atoms with E-state index in [4.69, 9.17) is 9.72 Å². The third-order valence-corrected chi connectivity index (χ3v) is 5.36. The summed E-state index contributed by atoms with van der Waals surface area (Å²) in [6.45, 7) is 6.03. The lowest BCUT2D eigenvalue weighted by Crippen LogP contribution is -2.32. The first-order valence-electron chi connectivity index (χ1n) is 8.03. The van der Waals surface area contributed by atoms with Gasteiger partial charge in [-0.1, -0.05) is 32.6 Å². The second-order valence-electron chi connectivity index (χ2n) is 5.66. The van der Waals surface area contributed by atoms with Gasteiger partial charge in [-0.25, -0.2) is 4.98 Å². The lowest BCUT2D eigenvalue weighted by Gasteiger charge is -2.35. The standard InChI is InChI=1S/C16H28N2OS/c1-4-9-13-14(12-17-3)20-15(18-13)16(19-5-2)10-7-6-8-11-16/h17H,4-12H2,1-3H3. The second kappa shape index (κ2) is 7.53. The quantitative estimate of drug-likeness (QED) is 0.825. The molecule has 3 nitrogen and oxygen atoms in total. The smallest absolute Gasteiger partial charge is 0.125 e. The lowest BCUT2D eigenvalue weighted by atomic mass is 9.85. The number of aryl methyl sites for hydroxylation is 1. The molecule has 0 unspecified atom stereocenters. The van der Waals surface area contributed by atoms with Crippen molar-refractivity contribution in [1.82, 2.24) is 10.3 Å². The van der Waals surface area contributed by atoms with E-state index in [1.807, 2.05) is 18.4 Å². The molecule has 20 heavy (non-hydrogen) atoms. The first-order chi connectivity index (χ1) is 9.75. The van der Waals surface area contributed by atoms with Crippen molar-refractivity contribution in [2.75, 3.05) is 13.7 Å². The number of ether oxygens (including phenoxy) is 1. The zero-order valence-corrected chi connectivity index (χ0v) is 13.9. The van der Waals surface area contributed by atoms with Gasteiger partial charge < -0.3 is 10.1 Å². The number of hydrogen-bond donors (Lipinski definition) is 1. The first kappa shape index (κ1) is 15.9. The Balaban J connectivity index is 2.30. The molecule has 2 rings (SSSR count). The highest BCUT2D eigenvalue weighted by Crippen LogP contribution is 2.43. The van der Waals surface area contributed by atoms with Crippen LogP contribution in [0.2, 0.25) is 0 Å². The molecule has 0 aromatic carbocycles. The monoisotopic (exact) mass is 296 g/mol. The molecule has 0 saturated heterocycles. The number of aromatic nitrogens is 1. The van der Waals surface area contributed by atoms with Crippen LogP contribution < -0.4 is 5.32 Å². The maximum atomic E-state index is 6.21. The summed E-state index contributed by atoms with van der Waals surface area (Å²) < 4.78 is 6.21. The van der Waals surface area contributed by atoms with E-state index in [1.54, 1.807) is 0 Å². The van der Waals surface area contributed by atoms with E-state index in [9.17, 15) is 0 Å². The minimum Gasteiger partial charge on any atom is -0.368 e. The third kappa shape index (κ3) is 3.41. The molecule has 1 aromatic rings. The Morgan fingerprint density at radius 1 is 1.25 bits per heavy atom. The van der Waals surface area contributed by atoms with Crippen LogP contribution in [0.25, 0.3) is 0 Å². The minimum absolute atomic E-state index is 0.0911. The normalized spacial score (nSPS) is 18.4. The first-order valence-corrected chi connectivity index (χ1v) is 8.85. The molecule has 1 aliphatic carbocycles. The van der Waals surface area contributed by atoms with Crippen molar-refractivity contribution < 1.29 is 4.74 Å². The van der Waals surface area contributed by atoms with E-state index < -0.39 is 0 Å². The molecule has 0 aliphatic heterocycles. The average Bonchev–Trinajstić information content (AvgIpc) is 2.85. The van der Waals surface area contributed by atoms with Crippen molar-refractivity contribution in [1.29, 1.82) is 0 Å². The summed E-state index contributed by atoms with van der Waals surface area (Å²) in [5, 5.41) is 4.50. The number of thiazole rings is 1. The lowest BCUT2D eigenvalue weighted by molar-refractivity contribution is -0.0705. The number of nitrogens with one attached hydrogen (secondary N) is 1. The highest BCUT2D eigenvalue weighted by atomic mass is 32.1. The summed E-state index contributed by atoms with van der Waals surface area (Å²) in [6, 6.07) is 0. The van der Waals surface area contributed by atoms with Gasteiger partial charge in [-0.2, -0.15) is 0 Å². The zero-order valence-electron chi connectivity index (χ0n) is 13.1. The van der Waals surface area contributed by atoms with Gasteiger partial charge in [0.2, 0.25) is 0 Å². The van der Waals surface area contributed by atoms with Crippen LogP contribution in [0.5, 0.6) is 0 Å². The highest BCUT2D eigenvalue weighted by Gasteiger charge is 2.38. The van der Waals surface area contributed by atoms with Crippen LogP contribution in [0.15, 0.2) is 0 Å². The molecule has 1 heterocycles. The zero-order chi connectivity index (χ0) is 14.4. The predicted octanol–water partition coefficient (Wildman–Crippen LogP) is 4.01. The largest absolute Gasteiger partial charge is 0.368 e. The molecule has 1 saturated carbocycles. The molecule has 0 atom stereocenters. The van der Waals surface area contributed by atoms with Gasteiger partial charge in [-0.3, -0.25) is 0 Å². The Labute approximate surface area is 127 Å². The van der Waals surface area contributed by atoms with Gasteiger partial charge in [0.15, 0.2) is 0 Å². The van der Waals surface area contributed by atoms with Crippen molar-refractivity contribution in [3.63, 3.8) is 0 Å². The molecule has 1 fully saturated rings. The topological polar surface area (TPSA) is 34.1 Å². The molecule has 1 aliphatic rings. The molecule has 0 radical (unpaired) electrons. The molecule has 1 N–H and O–H groups in total. The van der Waals surface area contributed by atoms with Gasteiger partial charge in [0.05, 0.1) is 5.69 Å². The summed E-state index contributed by atoms with van der Waals surface area (Å²) in [5.74, 6) is 0. The molecule has 0 amide bonds. The van der Waals surface area contributed by atoms with E-state index in [-0.39, 0.29) is 5.60 Å². The average molecular weight is 296 g/mol. The summed E-state index contributed by atoms with van der Waals surface area (Å²) >= 11 is 1.87. The Kier molecular flexibility index (Phi) is 6.00. The molecule has 0 bridgehead atoms. The van der Waals surface area contributed by atoms with Gasteiger partial charge >= 0.3 is 0 Å². The van der Waals surface area contributed by atoms with Crippen molar-refractivity contribution in [3.8, 4) is 0 Å². The molecular formula is C16H28N2OS. The van der Waals surface area contributed by atoms with E-state index >= 15 is 0 Å². The van der Waals surface area contributed by atoms with Gasteiger partial charge in [0, 0.05) is 18.0 Å². The maximum absolute atomic E-state index is 6.21. The summed E-state index contributed by atoms with van der Waals surface area (Å²) in [4.78, 5) is 6.38. The molecule has 114 valence electrons. The predicted molar refractivity (Wildman–Crippen MR) is 85.3 cm³/mol. The van der Waals surface area contributed by atoms with Crippen molar-refractivity contribution in [2.45, 2.75) is 70.9 Å².